The van der Waals surface area contributed by atoms with Crippen LogP contribution in [0.5, 0.6) is 5.75 Å². The summed E-state index contributed by atoms with van der Waals surface area (Å²) in [6, 6.07) is 6.11. The normalized spacial score (nSPS) is 15.1. The standard InChI is InChI=1S/C15H19ClN2O/c1-2-19-13-5-3-4-12-15(13)17-14(10-16)18(12)9-8-11-6-7-11/h3-5,11H,2,6-10H2,1H3. The van der Waals surface area contributed by atoms with Gasteiger partial charge in [0.25, 0.3) is 0 Å². The highest BCUT2D eigenvalue weighted by molar-refractivity contribution is 6.16. The monoisotopic (exact) mass is 278 g/mol. The third-order valence-corrected chi connectivity index (χ3v) is 3.94. The van der Waals surface area contributed by atoms with Crippen molar-refractivity contribution in [1.29, 1.82) is 0 Å². The number of imidazole rings is 1. The van der Waals surface area contributed by atoms with E-state index < -0.39 is 0 Å². The number of para-hydroxylation sites is 1. The average molecular weight is 279 g/mol. The van der Waals surface area contributed by atoms with E-state index in [-0.39, 0.29) is 0 Å². The van der Waals surface area contributed by atoms with Crippen LogP contribution in [0.25, 0.3) is 11.0 Å². The highest BCUT2D eigenvalue weighted by Gasteiger charge is 2.22. The van der Waals surface area contributed by atoms with Gasteiger partial charge in [0.1, 0.15) is 17.1 Å². The molecule has 1 saturated carbocycles. The smallest absolute Gasteiger partial charge is 0.147 e. The van der Waals surface area contributed by atoms with Crippen molar-refractivity contribution in [3.8, 4) is 5.75 Å². The second-order valence-corrected chi connectivity index (χ2v) is 5.37. The van der Waals surface area contributed by atoms with Crippen molar-refractivity contribution in [1.82, 2.24) is 9.55 Å². The number of halogens is 1. The van der Waals surface area contributed by atoms with Crippen LogP contribution in [0.2, 0.25) is 0 Å². The molecule has 1 aliphatic rings. The summed E-state index contributed by atoms with van der Waals surface area (Å²) in [7, 11) is 0. The zero-order valence-electron chi connectivity index (χ0n) is 11.2. The Kier molecular flexibility index (Phi) is 3.65. The summed E-state index contributed by atoms with van der Waals surface area (Å²) in [4.78, 5) is 4.65. The summed E-state index contributed by atoms with van der Waals surface area (Å²) >= 11 is 6.04. The Labute approximate surface area is 118 Å². The number of hydrogen-bond acceptors (Lipinski definition) is 2. The molecule has 2 aromatic rings. The molecule has 102 valence electrons. The molecule has 0 amide bonds. The van der Waals surface area contributed by atoms with Gasteiger partial charge in [-0.05, 0) is 31.4 Å². The Hall–Kier alpha value is -1.22. The van der Waals surface area contributed by atoms with Gasteiger partial charge in [-0.2, -0.15) is 0 Å². The summed E-state index contributed by atoms with van der Waals surface area (Å²) in [6.07, 6.45) is 3.99. The van der Waals surface area contributed by atoms with Crippen LogP contribution in [0.4, 0.5) is 0 Å². The van der Waals surface area contributed by atoms with Gasteiger partial charge < -0.3 is 9.30 Å². The van der Waals surface area contributed by atoms with Gasteiger partial charge in [-0.25, -0.2) is 4.98 Å². The number of aromatic nitrogens is 2. The molecule has 0 unspecified atom stereocenters. The first kappa shape index (κ1) is 12.8. The minimum absolute atomic E-state index is 0.449. The molecule has 0 N–H and O–H groups in total. The maximum absolute atomic E-state index is 6.04. The van der Waals surface area contributed by atoms with E-state index >= 15 is 0 Å². The molecule has 1 aliphatic carbocycles. The Morgan fingerprint density at radius 3 is 2.95 bits per heavy atom. The summed E-state index contributed by atoms with van der Waals surface area (Å²) in [6.45, 7) is 3.66. The molecule has 1 fully saturated rings. The first-order valence-electron chi connectivity index (χ1n) is 7.00. The predicted octanol–water partition coefficient (Wildman–Crippen LogP) is 3.97. The fourth-order valence-electron chi connectivity index (χ4n) is 2.51. The van der Waals surface area contributed by atoms with Crippen LogP contribution in [-0.4, -0.2) is 16.2 Å². The minimum Gasteiger partial charge on any atom is -0.492 e. The fourth-order valence-corrected chi connectivity index (χ4v) is 2.72. The lowest BCUT2D eigenvalue weighted by Crippen LogP contribution is -2.03. The van der Waals surface area contributed by atoms with Gasteiger partial charge in [-0.1, -0.05) is 18.9 Å². The number of benzene rings is 1. The van der Waals surface area contributed by atoms with Gasteiger partial charge in [0.15, 0.2) is 0 Å². The Morgan fingerprint density at radius 1 is 1.42 bits per heavy atom. The maximum Gasteiger partial charge on any atom is 0.147 e. The average Bonchev–Trinajstić information content (AvgIpc) is 3.18. The van der Waals surface area contributed by atoms with E-state index in [2.05, 4.69) is 15.6 Å². The fraction of sp³-hybridized carbons (Fsp3) is 0.533. The van der Waals surface area contributed by atoms with E-state index in [1.807, 2.05) is 19.1 Å². The van der Waals surface area contributed by atoms with Crippen LogP contribution in [-0.2, 0) is 12.4 Å². The zero-order valence-corrected chi connectivity index (χ0v) is 12.0. The molecule has 0 radical (unpaired) electrons. The third-order valence-electron chi connectivity index (χ3n) is 3.70. The van der Waals surface area contributed by atoms with E-state index in [4.69, 9.17) is 16.3 Å². The zero-order chi connectivity index (χ0) is 13.2. The molecule has 1 heterocycles. The molecule has 3 nitrogen and oxygen atoms in total. The van der Waals surface area contributed by atoms with Gasteiger partial charge in [0.05, 0.1) is 18.0 Å². The number of alkyl halides is 1. The van der Waals surface area contributed by atoms with E-state index in [1.54, 1.807) is 0 Å². The largest absolute Gasteiger partial charge is 0.492 e. The lowest BCUT2D eigenvalue weighted by molar-refractivity contribution is 0.343. The third kappa shape index (κ3) is 2.57. The van der Waals surface area contributed by atoms with E-state index in [0.29, 0.717) is 12.5 Å². The molecule has 1 aromatic heterocycles. The van der Waals surface area contributed by atoms with Crippen LogP contribution in [0.1, 0.15) is 32.0 Å². The molecule has 3 rings (SSSR count). The Morgan fingerprint density at radius 2 is 2.26 bits per heavy atom. The highest BCUT2D eigenvalue weighted by atomic mass is 35.5. The summed E-state index contributed by atoms with van der Waals surface area (Å²) in [5.74, 6) is 3.17. The predicted molar refractivity (Wildman–Crippen MR) is 77.8 cm³/mol. The van der Waals surface area contributed by atoms with Crippen LogP contribution in [0, 0.1) is 5.92 Å². The highest BCUT2D eigenvalue weighted by Crippen LogP contribution is 2.34. The van der Waals surface area contributed by atoms with Crippen molar-refractivity contribution in [2.75, 3.05) is 6.61 Å². The molecular weight excluding hydrogens is 260 g/mol. The quantitative estimate of drug-likeness (QED) is 0.748. The molecule has 19 heavy (non-hydrogen) atoms. The summed E-state index contributed by atoms with van der Waals surface area (Å²) < 4.78 is 7.90. The van der Waals surface area contributed by atoms with E-state index in [1.165, 1.54) is 19.3 Å². The molecule has 4 heteroatoms. The van der Waals surface area contributed by atoms with Gasteiger partial charge in [0.2, 0.25) is 0 Å². The minimum atomic E-state index is 0.449. The second-order valence-electron chi connectivity index (χ2n) is 5.10. The first-order chi connectivity index (χ1) is 9.33. The molecule has 0 bridgehead atoms. The van der Waals surface area contributed by atoms with Gasteiger partial charge in [0, 0.05) is 6.54 Å². The Bertz CT molecular complexity index is 575. The lowest BCUT2D eigenvalue weighted by atomic mass is 10.2. The van der Waals surface area contributed by atoms with Crippen molar-refractivity contribution in [2.24, 2.45) is 5.92 Å². The summed E-state index contributed by atoms with van der Waals surface area (Å²) in [5.41, 5.74) is 2.08. The SMILES string of the molecule is CCOc1cccc2c1nc(CCl)n2CCC1CC1. The number of aryl methyl sites for hydroxylation is 1. The van der Waals surface area contributed by atoms with Crippen molar-refractivity contribution in [3.05, 3.63) is 24.0 Å². The molecular formula is C15H19ClN2O. The number of fused-ring (bicyclic) bond motifs is 1. The van der Waals surface area contributed by atoms with Gasteiger partial charge >= 0.3 is 0 Å². The number of ether oxygens (including phenoxy) is 1. The first-order valence-corrected chi connectivity index (χ1v) is 7.53. The van der Waals surface area contributed by atoms with Gasteiger partial charge in [-0.3, -0.25) is 0 Å². The van der Waals surface area contributed by atoms with Crippen LogP contribution >= 0.6 is 11.6 Å². The molecule has 0 aliphatic heterocycles. The molecule has 0 spiro atoms. The topological polar surface area (TPSA) is 27.1 Å². The van der Waals surface area contributed by atoms with Gasteiger partial charge in [-0.15, -0.1) is 11.6 Å². The second kappa shape index (κ2) is 5.41. The van der Waals surface area contributed by atoms with Crippen molar-refractivity contribution in [2.45, 2.75) is 38.6 Å². The van der Waals surface area contributed by atoms with Crippen molar-refractivity contribution >= 4 is 22.6 Å². The lowest BCUT2D eigenvalue weighted by Gasteiger charge is -2.07. The molecule has 0 saturated heterocycles. The maximum atomic E-state index is 6.04. The Balaban J connectivity index is 1.99. The summed E-state index contributed by atoms with van der Waals surface area (Å²) in [5, 5.41) is 0. The number of nitrogens with zero attached hydrogens (tertiary/aromatic N) is 2. The van der Waals surface area contributed by atoms with Crippen LogP contribution in [0.15, 0.2) is 18.2 Å². The number of hydrogen-bond donors (Lipinski definition) is 0. The van der Waals surface area contributed by atoms with Crippen molar-refractivity contribution in [3.63, 3.8) is 0 Å². The molecule has 1 aromatic carbocycles. The molecule has 0 atom stereocenters. The van der Waals surface area contributed by atoms with Crippen LogP contribution in [0.3, 0.4) is 0 Å². The van der Waals surface area contributed by atoms with Crippen molar-refractivity contribution < 1.29 is 4.74 Å². The van der Waals surface area contributed by atoms with E-state index in [0.717, 1.165) is 35.1 Å². The van der Waals surface area contributed by atoms with Crippen LogP contribution < -0.4 is 4.74 Å². The number of rotatable bonds is 6. The van der Waals surface area contributed by atoms with E-state index in [9.17, 15) is 0 Å².